The van der Waals surface area contributed by atoms with Crippen LogP contribution in [0, 0.1) is 17.3 Å². The van der Waals surface area contributed by atoms with Crippen molar-refractivity contribution >= 4 is 67.7 Å². The van der Waals surface area contributed by atoms with E-state index in [4.69, 9.17) is 31.0 Å². The topological polar surface area (TPSA) is 170 Å². The van der Waals surface area contributed by atoms with E-state index < -0.39 is 51.2 Å². The third-order valence-electron chi connectivity index (χ3n) is 12.2. The van der Waals surface area contributed by atoms with Gasteiger partial charge in [0.1, 0.15) is 22.2 Å². The third kappa shape index (κ3) is 10.7. The van der Waals surface area contributed by atoms with Crippen molar-refractivity contribution in [2.75, 3.05) is 20.6 Å². The van der Waals surface area contributed by atoms with Gasteiger partial charge in [0.15, 0.2) is 5.78 Å². The highest BCUT2D eigenvalue weighted by Crippen LogP contribution is 2.57. The van der Waals surface area contributed by atoms with E-state index in [2.05, 4.69) is 4.72 Å². The standard InChI is InChI=1S/C47H59ClN6O8S2/c1-29(2)54-37-17-13-16-36(42-49-34(28-63-42)22-30-18-20-33(48)21-19-30)41(37)50-45(54)61-35-24-38-39(55)26-47(44(58)51-64(59,60)52(6)7)25-32(47)15-12-10-8-9-11-14-31(43(57)53(38)27-35)23-40(56)62-46(3,4)5/h12-13,15-21,28-29,31-32,35,38H,8-11,14,22-27H2,1-7H3,(H,51,58)/b15-12-/t31-,32-,35-,38+,47-/m1/s1. The normalized spacial score (nSPS) is 23.9. The van der Waals surface area contributed by atoms with Crippen molar-refractivity contribution in [1.82, 2.24) is 28.5 Å². The summed E-state index contributed by atoms with van der Waals surface area (Å²) in [6.07, 6.45) is 7.26. The number of carbonyl (C=O) groups is 4. The van der Waals surface area contributed by atoms with Crippen LogP contribution >= 0.6 is 22.9 Å². The first-order valence-corrected chi connectivity index (χ1v) is 24.8. The van der Waals surface area contributed by atoms with Gasteiger partial charge in [-0.2, -0.15) is 17.7 Å². The summed E-state index contributed by atoms with van der Waals surface area (Å²) in [5, 5.41) is 3.52. The molecule has 2 amide bonds. The number of nitrogens with one attached hydrogen (secondary N) is 1. The molecule has 2 fully saturated rings. The quantitative estimate of drug-likeness (QED) is 0.115. The number of fused-ring (bicyclic) bond motifs is 3. The molecular weight excluding hydrogens is 876 g/mol. The Labute approximate surface area is 384 Å². The fourth-order valence-electron chi connectivity index (χ4n) is 8.85. The minimum atomic E-state index is -4.15. The summed E-state index contributed by atoms with van der Waals surface area (Å²) in [6, 6.07) is 12.9. The minimum absolute atomic E-state index is 0.0340. The van der Waals surface area contributed by atoms with Crippen LogP contribution in [0.1, 0.15) is 110 Å². The molecule has 4 heterocycles. The molecule has 0 radical (unpaired) electrons. The van der Waals surface area contributed by atoms with E-state index in [0.717, 1.165) is 44.5 Å². The molecular formula is C47H59ClN6O8S2. The number of ketones is 1. The average molecular weight is 936 g/mol. The number of Topliss-reactive ketones (excluding diaryl/α,β-unsaturated/α-hetero) is 1. The van der Waals surface area contributed by atoms with E-state index in [-0.39, 0.29) is 55.9 Å². The van der Waals surface area contributed by atoms with Crippen molar-refractivity contribution in [3.63, 3.8) is 0 Å². The van der Waals surface area contributed by atoms with E-state index >= 15 is 0 Å². The molecule has 14 nitrogen and oxygen atoms in total. The number of amides is 2. The van der Waals surface area contributed by atoms with Crippen LogP contribution < -0.4 is 9.46 Å². The predicted octanol–water partition coefficient (Wildman–Crippen LogP) is 8.09. The van der Waals surface area contributed by atoms with Gasteiger partial charge in [-0.25, -0.2) is 9.71 Å². The van der Waals surface area contributed by atoms with Gasteiger partial charge >= 0.3 is 16.2 Å². The molecule has 2 aliphatic heterocycles. The molecule has 0 spiro atoms. The van der Waals surface area contributed by atoms with Gasteiger partial charge < -0.3 is 14.4 Å². The van der Waals surface area contributed by atoms with Crippen LogP contribution in [0.25, 0.3) is 21.6 Å². The molecule has 4 aromatic rings. The Morgan fingerprint density at radius 3 is 2.52 bits per heavy atom. The van der Waals surface area contributed by atoms with Crippen LogP contribution in [0.2, 0.25) is 5.02 Å². The van der Waals surface area contributed by atoms with Gasteiger partial charge in [0.25, 0.3) is 6.01 Å². The first kappa shape index (κ1) is 47.3. The second kappa shape index (κ2) is 19.1. The molecule has 17 heteroatoms. The maximum atomic E-state index is 14.8. The Morgan fingerprint density at radius 1 is 1.06 bits per heavy atom. The first-order valence-electron chi connectivity index (χ1n) is 22.1. The Morgan fingerprint density at radius 2 is 1.81 bits per heavy atom. The van der Waals surface area contributed by atoms with E-state index in [1.54, 1.807) is 20.8 Å². The van der Waals surface area contributed by atoms with Crippen molar-refractivity contribution < 1.29 is 37.1 Å². The van der Waals surface area contributed by atoms with E-state index in [1.807, 2.05) is 78.4 Å². The molecule has 1 saturated heterocycles. The third-order valence-corrected chi connectivity index (χ3v) is 14.8. The summed E-state index contributed by atoms with van der Waals surface area (Å²) in [5.41, 5.74) is 2.32. The molecule has 1 aliphatic carbocycles. The number of benzene rings is 2. The van der Waals surface area contributed by atoms with Crippen LogP contribution in [0.4, 0.5) is 0 Å². The Balaban J connectivity index is 1.21. The number of imidazole rings is 1. The number of esters is 1. The van der Waals surface area contributed by atoms with Gasteiger partial charge in [-0.3, -0.25) is 23.7 Å². The van der Waals surface area contributed by atoms with Crippen molar-refractivity contribution in [3.8, 4) is 16.6 Å². The van der Waals surface area contributed by atoms with E-state index in [1.165, 1.54) is 30.3 Å². The van der Waals surface area contributed by atoms with Gasteiger partial charge in [-0.05, 0) is 96.0 Å². The number of carbonyl (C=O) groups excluding carboxylic acids is 4. The molecule has 3 aliphatic rings. The van der Waals surface area contributed by atoms with Crippen molar-refractivity contribution in [1.29, 1.82) is 0 Å². The summed E-state index contributed by atoms with van der Waals surface area (Å²) in [6.45, 7) is 9.43. The number of aromatic nitrogens is 3. The molecule has 2 aromatic heterocycles. The van der Waals surface area contributed by atoms with Gasteiger partial charge in [0, 0.05) is 61.3 Å². The lowest BCUT2D eigenvalue weighted by molar-refractivity contribution is -0.159. The van der Waals surface area contributed by atoms with Gasteiger partial charge in [0.05, 0.1) is 35.6 Å². The second-order valence-corrected chi connectivity index (χ2v) is 22.0. The first-order chi connectivity index (χ1) is 30.2. The van der Waals surface area contributed by atoms with Gasteiger partial charge in [-0.1, -0.05) is 54.8 Å². The maximum Gasteiger partial charge on any atom is 0.307 e. The highest BCUT2D eigenvalue weighted by atomic mass is 35.5. The Kier molecular flexibility index (Phi) is 14.1. The van der Waals surface area contributed by atoms with Crippen LogP contribution in [-0.2, 0) is 40.5 Å². The molecule has 2 aromatic carbocycles. The molecule has 5 atom stereocenters. The largest absolute Gasteiger partial charge is 0.460 e. The lowest BCUT2D eigenvalue weighted by Gasteiger charge is -2.29. The summed E-state index contributed by atoms with van der Waals surface area (Å²) < 4.78 is 43.3. The lowest BCUT2D eigenvalue weighted by atomic mass is 9.90. The molecule has 1 N–H and O–H groups in total. The number of hydrogen-bond acceptors (Lipinski definition) is 11. The average Bonchev–Trinajstić information content (AvgIpc) is 3.53. The van der Waals surface area contributed by atoms with E-state index in [0.29, 0.717) is 42.2 Å². The number of allylic oxidation sites excluding steroid dienone is 2. The summed E-state index contributed by atoms with van der Waals surface area (Å²) in [7, 11) is -1.50. The SMILES string of the molecule is CC(C)n1c(O[C@@H]2C[C@H]3C(=O)C[C@]4(C(=O)NS(=O)(=O)N(C)C)C[C@H]4/C=C\CCCCC[C@H](CC(=O)OC(C)(C)C)C(=O)N3C2)nc2c(-c3nc(Cc4ccc(Cl)cc4)cs3)cccc21. The van der Waals surface area contributed by atoms with Crippen LogP contribution in [-0.4, -0.2) is 94.1 Å². The monoisotopic (exact) mass is 934 g/mol. The number of hydrogen-bond donors (Lipinski definition) is 1. The number of thiazole rings is 1. The Hall–Kier alpha value is -4.64. The zero-order valence-corrected chi connectivity index (χ0v) is 40.0. The summed E-state index contributed by atoms with van der Waals surface area (Å²) >= 11 is 7.64. The molecule has 64 heavy (non-hydrogen) atoms. The summed E-state index contributed by atoms with van der Waals surface area (Å²) in [4.78, 5) is 68.3. The molecule has 0 bridgehead atoms. The lowest BCUT2D eigenvalue weighted by Crippen LogP contribution is -2.47. The highest BCUT2D eigenvalue weighted by Gasteiger charge is 2.61. The summed E-state index contributed by atoms with van der Waals surface area (Å²) in [5.74, 6) is -3.11. The fourth-order valence-corrected chi connectivity index (χ4v) is 10.4. The predicted molar refractivity (Wildman–Crippen MR) is 247 cm³/mol. The van der Waals surface area contributed by atoms with Gasteiger partial charge in [0.2, 0.25) is 11.8 Å². The van der Waals surface area contributed by atoms with Crippen molar-refractivity contribution in [2.45, 2.75) is 123 Å². The van der Waals surface area contributed by atoms with Crippen LogP contribution in [0.5, 0.6) is 6.01 Å². The molecule has 344 valence electrons. The molecule has 0 unspecified atom stereocenters. The second-order valence-electron chi connectivity index (χ2n) is 18.8. The molecule has 1 saturated carbocycles. The van der Waals surface area contributed by atoms with E-state index in [9.17, 15) is 27.6 Å². The maximum absolute atomic E-state index is 14.8. The van der Waals surface area contributed by atoms with Crippen LogP contribution in [0.3, 0.4) is 0 Å². The van der Waals surface area contributed by atoms with Crippen molar-refractivity contribution in [3.05, 3.63) is 76.3 Å². The zero-order chi connectivity index (χ0) is 46.1. The Bertz CT molecular complexity index is 2530. The molecule has 7 rings (SSSR count). The van der Waals surface area contributed by atoms with Crippen LogP contribution in [0.15, 0.2) is 60.0 Å². The smallest absolute Gasteiger partial charge is 0.307 e. The fraction of sp³-hybridized carbons (Fsp3) is 0.532. The highest BCUT2D eigenvalue weighted by molar-refractivity contribution is 7.87. The number of rotatable bonds is 11. The number of nitrogens with zero attached hydrogens (tertiary/aromatic N) is 5. The van der Waals surface area contributed by atoms with Crippen molar-refractivity contribution in [2.24, 2.45) is 17.3 Å². The number of halogens is 1. The minimum Gasteiger partial charge on any atom is -0.460 e. The number of para-hydroxylation sites is 1. The zero-order valence-electron chi connectivity index (χ0n) is 37.6. The van der Waals surface area contributed by atoms with Gasteiger partial charge in [-0.15, -0.1) is 11.3 Å². The number of ether oxygens (including phenoxy) is 2.